The zero-order valence-corrected chi connectivity index (χ0v) is 21.5. The number of carbonyl (C=O) groups is 1. The highest BCUT2D eigenvalue weighted by molar-refractivity contribution is 5.65. The largest absolute Gasteiger partial charge is 0.464 e. The van der Waals surface area contributed by atoms with Crippen LogP contribution in [0.15, 0.2) is 121 Å². The lowest BCUT2D eigenvalue weighted by atomic mass is 9.96. The molecule has 0 amide bonds. The first-order chi connectivity index (χ1) is 18.2. The molecule has 0 aromatic heterocycles. The molecule has 4 rings (SSSR count). The van der Waals surface area contributed by atoms with Crippen LogP contribution in [0.2, 0.25) is 0 Å². The van der Waals surface area contributed by atoms with Gasteiger partial charge < -0.3 is 10.1 Å². The van der Waals surface area contributed by atoms with E-state index in [2.05, 4.69) is 119 Å². The number of hydrogen-bond donors (Lipinski definition) is 1. The number of nitrogens with one attached hydrogen (secondary N) is 1. The predicted octanol–water partition coefficient (Wildman–Crippen LogP) is 6.02. The Morgan fingerprint density at radius 1 is 0.676 bits per heavy atom. The van der Waals surface area contributed by atoms with Gasteiger partial charge in [-0.2, -0.15) is 0 Å². The van der Waals surface area contributed by atoms with Crippen molar-refractivity contribution in [1.82, 2.24) is 10.2 Å². The van der Waals surface area contributed by atoms with Crippen molar-refractivity contribution < 1.29 is 9.53 Å². The lowest BCUT2D eigenvalue weighted by molar-refractivity contribution is -0.142. The molecule has 0 heterocycles. The summed E-state index contributed by atoms with van der Waals surface area (Å²) in [5.41, 5.74) is 4.97. The first-order valence-corrected chi connectivity index (χ1v) is 12.9. The molecule has 0 saturated heterocycles. The van der Waals surface area contributed by atoms with Gasteiger partial charge in [0, 0.05) is 32.6 Å². The maximum Gasteiger partial charge on any atom is 0.302 e. The molecule has 4 aromatic rings. The third-order valence-corrected chi connectivity index (χ3v) is 6.56. The van der Waals surface area contributed by atoms with Crippen LogP contribution in [-0.4, -0.2) is 29.6 Å². The van der Waals surface area contributed by atoms with E-state index in [1.807, 2.05) is 12.1 Å². The fourth-order valence-electron chi connectivity index (χ4n) is 4.67. The van der Waals surface area contributed by atoms with Crippen LogP contribution in [0.5, 0.6) is 0 Å². The van der Waals surface area contributed by atoms with Crippen LogP contribution >= 0.6 is 0 Å². The summed E-state index contributed by atoms with van der Waals surface area (Å²) in [7, 11) is 0. The average molecular weight is 493 g/mol. The van der Waals surface area contributed by atoms with Crippen molar-refractivity contribution in [3.05, 3.63) is 144 Å². The standard InChI is InChI=1S/C33H36N2O2/c1-27(36)37-26-32(34-23-29-16-8-3-9-17-29)33(22-28-14-6-2-7-15-28)35(24-30-18-10-4-11-19-30)25-31-20-12-5-13-21-31/h2-21,32-34H,22-26H2,1H3/t32-,33-/m0/s1. The van der Waals surface area contributed by atoms with Crippen molar-refractivity contribution in [2.24, 2.45) is 0 Å². The molecule has 4 nitrogen and oxygen atoms in total. The van der Waals surface area contributed by atoms with Crippen molar-refractivity contribution in [3.63, 3.8) is 0 Å². The first-order valence-electron chi connectivity index (χ1n) is 12.9. The number of hydrogen-bond acceptors (Lipinski definition) is 4. The van der Waals surface area contributed by atoms with Crippen LogP contribution in [0.3, 0.4) is 0 Å². The van der Waals surface area contributed by atoms with Crippen molar-refractivity contribution in [3.8, 4) is 0 Å². The number of nitrogens with zero attached hydrogens (tertiary/aromatic N) is 1. The van der Waals surface area contributed by atoms with E-state index in [1.54, 1.807) is 0 Å². The van der Waals surface area contributed by atoms with Gasteiger partial charge in [-0.3, -0.25) is 9.69 Å². The van der Waals surface area contributed by atoms with Crippen LogP contribution in [-0.2, 0) is 35.6 Å². The van der Waals surface area contributed by atoms with Crippen LogP contribution in [0, 0.1) is 0 Å². The summed E-state index contributed by atoms with van der Waals surface area (Å²) in [5.74, 6) is -0.261. The van der Waals surface area contributed by atoms with Gasteiger partial charge in [0.2, 0.25) is 0 Å². The minimum Gasteiger partial charge on any atom is -0.464 e. The lowest BCUT2D eigenvalue weighted by Crippen LogP contribution is -2.53. The molecule has 37 heavy (non-hydrogen) atoms. The fraction of sp³-hybridized carbons (Fsp3) is 0.242. The minimum atomic E-state index is -0.261. The van der Waals surface area contributed by atoms with E-state index in [0.29, 0.717) is 13.2 Å². The number of rotatable bonds is 13. The van der Waals surface area contributed by atoms with E-state index in [0.717, 1.165) is 19.5 Å². The van der Waals surface area contributed by atoms with Gasteiger partial charge in [0.25, 0.3) is 0 Å². The number of ether oxygens (including phenoxy) is 1. The first kappa shape index (κ1) is 26.3. The second kappa shape index (κ2) is 14.1. The Morgan fingerprint density at radius 2 is 1.11 bits per heavy atom. The molecule has 4 heteroatoms. The molecular formula is C33H36N2O2. The Labute approximate surface area is 220 Å². The van der Waals surface area contributed by atoms with Crippen molar-refractivity contribution in [1.29, 1.82) is 0 Å². The average Bonchev–Trinajstić information content (AvgIpc) is 2.94. The smallest absolute Gasteiger partial charge is 0.302 e. The zero-order valence-electron chi connectivity index (χ0n) is 21.5. The molecule has 0 unspecified atom stereocenters. The van der Waals surface area contributed by atoms with E-state index in [4.69, 9.17) is 4.74 Å². The van der Waals surface area contributed by atoms with Gasteiger partial charge in [-0.15, -0.1) is 0 Å². The third-order valence-electron chi connectivity index (χ3n) is 6.56. The summed E-state index contributed by atoms with van der Waals surface area (Å²) < 4.78 is 5.63. The molecular weight excluding hydrogens is 456 g/mol. The quantitative estimate of drug-likeness (QED) is 0.232. The molecule has 0 bridgehead atoms. The zero-order chi connectivity index (χ0) is 25.7. The van der Waals surface area contributed by atoms with Crippen LogP contribution in [0.1, 0.15) is 29.2 Å². The summed E-state index contributed by atoms with van der Waals surface area (Å²) in [6.07, 6.45) is 0.828. The van der Waals surface area contributed by atoms with Crippen molar-refractivity contribution >= 4 is 5.97 Å². The minimum absolute atomic E-state index is 0.0725. The SMILES string of the molecule is CC(=O)OC[C@H](NCc1ccccc1)[C@H](Cc1ccccc1)N(Cc1ccccc1)Cc1ccccc1. The van der Waals surface area contributed by atoms with Crippen LogP contribution < -0.4 is 5.32 Å². The molecule has 0 aliphatic carbocycles. The normalized spacial score (nSPS) is 12.7. The Kier molecular flexibility index (Phi) is 10.1. The Morgan fingerprint density at radius 3 is 1.57 bits per heavy atom. The Bertz CT molecular complexity index is 1140. The third kappa shape index (κ3) is 8.71. The number of benzene rings is 4. The predicted molar refractivity (Wildman–Crippen MR) is 150 cm³/mol. The van der Waals surface area contributed by atoms with Crippen LogP contribution in [0.25, 0.3) is 0 Å². The highest BCUT2D eigenvalue weighted by Gasteiger charge is 2.29. The van der Waals surface area contributed by atoms with Gasteiger partial charge in [0.15, 0.2) is 0 Å². The molecule has 0 aliphatic heterocycles. The summed E-state index contributed by atoms with van der Waals surface area (Å²) >= 11 is 0. The highest BCUT2D eigenvalue weighted by Crippen LogP contribution is 2.20. The van der Waals surface area contributed by atoms with Gasteiger partial charge >= 0.3 is 5.97 Å². The molecule has 0 fully saturated rings. The van der Waals surface area contributed by atoms with E-state index < -0.39 is 0 Å². The molecule has 0 saturated carbocycles. The molecule has 4 aromatic carbocycles. The van der Waals surface area contributed by atoms with Gasteiger partial charge in [-0.1, -0.05) is 121 Å². The molecule has 1 N–H and O–H groups in total. The monoisotopic (exact) mass is 492 g/mol. The maximum atomic E-state index is 11.9. The number of esters is 1. The fourth-order valence-corrected chi connectivity index (χ4v) is 4.67. The van der Waals surface area contributed by atoms with E-state index in [9.17, 15) is 4.79 Å². The second-order valence-electron chi connectivity index (χ2n) is 9.41. The molecule has 190 valence electrons. The van der Waals surface area contributed by atoms with Crippen molar-refractivity contribution in [2.45, 2.75) is 45.1 Å². The molecule has 0 spiro atoms. The van der Waals surface area contributed by atoms with Gasteiger partial charge in [-0.05, 0) is 28.7 Å². The second-order valence-corrected chi connectivity index (χ2v) is 9.41. The lowest BCUT2D eigenvalue weighted by Gasteiger charge is -2.38. The van der Waals surface area contributed by atoms with Gasteiger partial charge in [0.05, 0.1) is 6.04 Å². The maximum absolute atomic E-state index is 11.9. The Hall–Kier alpha value is -3.73. The van der Waals surface area contributed by atoms with E-state index in [-0.39, 0.29) is 18.1 Å². The topological polar surface area (TPSA) is 41.6 Å². The summed E-state index contributed by atoms with van der Waals surface area (Å²) in [6.45, 7) is 4.06. The van der Waals surface area contributed by atoms with Gasteiger partial charge in [0.1, 0.15) is 6.61 Å². The van der Waals surface area contributed by atoms with Gasteiger partial charge in [-0.25, -0.2) is 0 Å². The molecule has 0 aliphatic rings. The van der Waals surface area contributed by atoms with E-state index in [1.165, 1.54) is 29.2 Å². The van der Waals surface area contributed by atoms with E-state index >= 15 is 0 Å². The molecule has 2 atom stereocenters. The summed E-state index contributed by atoms with van der Waals surface area (Å²) in [5, 5.41) is 3.74. The van der Waals surface area contributed by atoms with Crippen molar-refractivity contribution in [2.75, 3.05) is 6.61 Å². The highest BCUT2D eigenvalue weighted by atomic mass is 16.5. The van der Waals surface area contributed by atoms with Crippen LogP contribution in [0.4, 0.5) is 0 Å². The number of carbonyl (C=O) groups excluding carboxylic acids is 1. The summed E-state index contributed by atoms with van der Waals surface area (Å²) in [4.78, 5) is 14.4. The molecule has 0 radical (unpaired) electrons. The summed E-state index contributed by atoms with van der Waals surface area (Å²) in [6, 6.07) is 42.1. The Balaban J connectivity index is 1.68.